The molecular formula is C8H11ClO. The molecule has 0 aliphatic heterocycles. The molecule has 0 amide bonds. The molecule has 0 bridgehead atoms. The van der Waals surface area contributed by atoms with Crippen molar-refractivity contribution >= 4 is 11.6 Å². The number of hydrogen-bond acceptors (Lipinski definition) is 1. The number of ether oxygens (including phenoxy) is 1. The minimum atomic E-state index is 0.574. The monoisotopic (exact) mass is 158 g/mol. The minimum Gasteiger partial charge on any atom is -0.497 e. The molecular weight excluding hydrogens is 148 g/mol. The summed E-state index contributed by atoms with van der Waals surface area (Å²) in [6.07, 6.45) is 1.56. The molecule has 0 aromatic carbocycles. The molecule has 1 nitrogen and oxygen atoms in total. The Bertz CT molecular complexity index is 180. The maximum absolute atomic E-state index is 5.71. The number of rotatable bonds is 3. The molecule has 0 heterocycles. The first-order valence-electron chi connectivity index (χ1n) is 2.85. The Morgan fingerprint density at radius 3 is 2.40 bits per heavy atom. The molecule has 2 heteroatoms. The van der Waals surface area contributed by atoms with Crippen LogP contribution in [0.4, 0.5) is 0 Å². The maximum Gasteiger partial charge on any atom is 0.116 e. The van der Waals surface area contributed by atoms with Crippen LogP contribution in [0, 0.1) is 0 Å². The van der Waals surface area contributed by atoms with Crippen LogP contribution in [0.25, 0.3) is 0 Å². The molecule has 0 saturated carbocycles. The summed E-state index contributed by atoms with van der Waals surface area (Å²) in [7, 11) is 1.55. The quantitative estimate of drug-likeness (QED) is 0.454. The lowest BCUT2D eigenvalue weighted by atomic mass is 10.2. The maximum atomic E-state index is 5.71. The molecule has 0 N–H and O–H groups in total. The third kappa shape index (κ3) is 2.28. The van der Waals surface area contributed by atoms with E-state index in [0.717, 1.165) is 5.57 Å². The van der Waals surface area contributed by atoms with Crippen LogP contribution in [-0.2, 0) is 4.74 Å². The van der Waals surface area contributed by atoms with Gasteiger partial charge in [-0.1, -0.05) is 30.8 Å². The van der Waals surface area contributed by atoms with Crippen LogP contribution in [0.3, 0.4) is 0 Å². The zero-order valence-corrected chi connectivity index (χ0v) is 7.03. The predicted molar refractivity (Wildman–Crippen MR) is 44.9 cm³/mol. The highest BCUT2D eigenvalue weighted by Crippen LogP contribution is 2.16. The van der Waals surface area contributed by atoms with Crippen molar-refractivity contribution in [3.63, 3.8) is 0 Å². The average Bonchev–Trinajstić information content (AvgIpc) is 2.00. The summed E-state index contributed by atoms with van der Waals surface area (Å²) in [6, 6.07) is 0. The van der Waals surface area contributed by atoms with Gasteiger partial charge >= 0.3 is 0 Å². The molecule has 10 heavy (non-hydrogen) atoms. The summed E-state index contributed by atoms with van der Waals surface area (Å²) in [5.41, 5.74) is 0.819. The summed E-state index contributed by atoms with van der Waals surface area (Å²) < 4.78 is 4.85. The first-order valence-corrected chi connectivity index (χ1v) is 3.23. The van der Waals surface area contributed by atoms with Crippen molar-refractivity contribution in [2.75, 3.05) is 7.11 Å². The first kappa shape index (κ1) is 9.31. The predicted octanol–water partition coefficient (Wildman–Crippen LogP) is 2.85. The second kappa shape index (κ2) is 4.18. The zero-order chi connectivity index (χ0) is 8.15. The summed E-state index contributed by atoms with van der Waals surface area (Å²) in [5, 5.41) is 0.576. The summed E-state index contributed by atoms with van der Waals surface area (Å²) in [4.78, 5) is 0. The lowest BCUT2D eigenvalue weighted by molar-refractivity contribution is 0.302. The van der Waals surface area contributed by atoms with Crippen LogP contribution < -0.4 is 0 Å². The van der Waals surface area contributed by atoms with Gasteiger partial charge in [0.25, 0.3) is 0 Å². The third-order valence-electron chi connectivity index (χ3n) is 1.20. The average molecular weight is 159 g/mol. The van der Waals surface area contributed by atoms with E-state index in [-0.39, 0.29) is 0 Å². The van der Waals surface area contributed by atoms with Gasteiger partial charge in [-0.3, -0.25) is 0 Å². The van der Waals surface area contributed by atoms with E-state index >= 15 is 0 Å². The second-order valence-corrected chi connectivity index (χ2v) is 2.21. The van der Waals surface area contributed by atoms with Crippen molar-refractivity contribution in [3.8, 4) is 0 Å². The van der Waals surface area contributed by atoms with Crippen LogP contribution in [0.15, 0.2) is 35.6 Å². The Morgan fingerprint density at radius 2 is 2.10 bits per heavy atom. The van der Waals surface area contributed by atoms with Crippen molar-refractivity contribution in [2.24, 2.45) is 0 Å². The molecule has 0 aliphatic rings. The highest BCUT2D eigenvalue weighted by Gasteiger charge is 1.98. The molecule has 0 aromatic rings. The first-order chi connectivity index (χ1) is 4.63. The number of methoxy groups -OCH3 is 1. The largest absolute Gasteiger partial charge is 0.497 e. The normalized spacial score (nSPS) is 11.9. The fourth-order valence-electron chi connectivity index (χ4n) is 0.439. The Hall–Kier alpha value is -0.690. The van der Waals surface area contributed by atoms with Gasteiger partial charge in [0.05, 0.1) is 7.11 Å². The van der Waals surface area contributed by atoms with E-state index in [1.165, 1.54) is 0 Å². The van der Waals surface area contributed by atoms with Crippen LogP contribution in [0.2, 0.25) is 0 Å². The van der Waals surface area contributed by atoms with Gasteiger partial charge in [0, 0.05) is 10.6 Å². The van der Waals surface area contributed by atoms with Gasteiger partial charge in [0.1, 0.15) is 5.76 Å². The van der Waals surface area contributed by atoms with Gasteiger partial charge in [-0.25, -0.2) is 0 Å². The molecule has 0 radical (unpaired) electrons. The van der Waals surface area contributed by atoms with E-state index in [1.54, 1.807) is 13.2 Å². The summed E-state index contributed by atoms with van der Waals surface area (Å²) in [6.45, 7) is 8.97. The molecule has 0 spiro atoms. The Morgan fingerprint density at radius 1 is 1.60 bits per heavy atom. The topological polar surface area (TPSA) is 9.23 Å². The molecule has 0 fully saturated rings. The summed E-state index contributed by atoms with van der Waals surface area (Å²) >= 11 is 5.71. The molecule has 0 aromatic heterocycles. The standard InChI is InChI=1S/C8H11ClO/c1-5-8(9)6(2)7(3)10-4/h5H,1,3H2,2,4H3/b8-6+. The SMILES string of the molecule is C=C/C(Cl)=C(/C)C(=C)OC. The molecule has 0 unspecified atom stereocenters. The van der Waals surface area contributed by atoms with Crippen molar-refractivity contribution < 1.29 is 4.74 Å². The van der Waals surface area contributed by atoms with Crippen molar-refractivity contribution in [2.45, 2.75) is 6.92 Å². The van der Waals surface area contributed by atoms with Gasteiger partial charge in [-0.05, 0) is 6.92 Å². The Labute approximate surface area is 66.6 Å². The second-order valence-electron chi connectivity index (χ2n) is 1.80. The van der Waals surface area contributed by atoms with Crippen LogP contribution in [-0.4, -0.2) is 7.11 Å². The van der Waals surface area contributed by atoms with Gasteiger partial charge in [0.15, 0.2) is 0 Å². The van der Waals surface area contributed by atoms with Gasteiger partial charge < -0.3 is 4.74 Å². The summed E-state index contributed by atoms with van der Waals surface area (Å²) in [5.74, 6) is 0.574. The van der Waals surface area contributed by atoms with E-state index in [2.05, 4.69) is 13.2 Å². The van der Waals surface area contributed by atoms with E-state index < -0.39 is 0 Å². The fourth-order valence-corrected chi connectivity index (χ4v) is 0.545. The third-order valence-corrected chi connectivity index (χ3v) is 1.64. The van der Waals surface area contributed by atoms with Crippen LogP contribution in [0.5, 0.6) is 0 Å². The van der Waals surface area contributed by atoms with E-state index in [0.29, 0.717) is 10.8 Å². The number of allylic oxidation sites excluding steroid dienone is 3. The van der Waals surface area contributed by atoms with Crippen molar-refractivity contribution in [3.05, 3.63) is 35.6 Å². The molecule has 0 atom stereocenters. The molecule has 0 saturated heterocycles. The van der Waals surface area contributed by atoms with E-state index in [1.807, 2.05) is 6.92 Å². The highest BCUT2D eigenvalue weighted by molar-refractivity contribution is 6.31. The van der Waals surface area contributed by atoms with E-state index in [9.17, 15) is 0 Å². The molecule has 0 rings (SSSR count). The Balaban J connectivity index is 4.45. The van der Waals surface area contributed by atoms with E-state index in [4.69, 9.17) is 16.3 Å². The number of halogens is 1. The molecule has 56 valence electrons. The smallest absolute Gasteiger partial charge is 0.116 e. The zero-order valence-electron chi connectivity index (χ0n) is 6.28. The van der Waals surface area contributed by atoms with Gasteiger partial charge in [-0.2, -0.15) is 0 Å². The lowest BCUT2D eigenvalue weighted by Crippen LogP contribution is -1.87. The number of hydrogen-bond donors (Lipinski definition) is 0. The van der Waals surface area contributed by atoms with Gasteiger partial charge in [0.2, 0.25) is 0 Å². The van der Waals surface area contributed by atoms with Crippen LogP contribution in [0.1, 0.15) is 6.92 Å². The van der Waals surface area contributed by atoms with Gasteiger partial charge in [-0.15, -0.1) is 0 Å². The fraction of sp³-hybridized carbons (Fsp3) is 0.250. The van der Waals surface area contributed by atoms with Crippen LogP contribution >= 0.6 is 11.6 Å². The Kier molecular flexibility index (Phi) is 3.89. The van der Waals surface area contributed by atoms with Crippen molar-refractivity contribution in [1.29, 1.82) is 0 Å². The highest BCUT2D eigenvalue weighted by atomic mass is 35.5. The van der Waals surface area contributed by atoms with Crippen molar-refractivity contribution in [1.82, 2.24) is 0 Å². The molecule has 0 aliphatic carbocycles. The lowest BCUT2D eigenvalue weighted by Gasteiger charge is -2.03. The minimum absolute atomic E-state index is 0.574.